The van der Waals surface area contributed by atoms with Crippen LogP contribution in [0.2, 0.25) is 0 Å². The molecule has 2 aromatic carbocycles. The summed E-state index contributed by atoms with van der Waals surface area (Å²) in [7, 11) is 0. The molecule has 1 amide bonds. The number of alkyl halides is 2. The molecule has 0 aliphatic heterocycles. The molecular formula is C17H14F4N2O3. The van der Waals surface area contributed by atoms with Gasteiger partial charge < -0.3 is 14.9 Å². The van der Waals surface area contributed by atoms with E-state index in [0.29, 0.717) is 11.6 Å². The molecule has 1 atom stereocenters. The fourth-order valence-corrected chi connectivity index (χ4v) is 1.79. The fraction of sp³-hybridized carbons (Fsp3) is 0.176. The molecule has 0 radical (unpaired) electrons. The minimum Gasteiger partial charge on any atom is -0.435 e. The van der Waals surface area contributed by atoms with Gasteiger partial charge in [-0.3, -0.25) is 4.79 Å². The Bertz CT molecular complexity index is 782. The molecule has 9 heteroatoms. The van der Waals surface area contributed by atoms with Crippen molar-refractivity contribution in [2.75, 3.05) is 5.32 Å². The van der Waals surface area contributed by atoms with E-state index in [1.54, 1.807) is 0 Å². The van der Waals surface area contributed by atoms with Crippen LogP contribution in [0.5, 0.6) is 5.75 Å². The Morgan fingerprint density at radius 3 is 2.46 bits per heavy atom. The van der Waals surface area contributed by atoms with Crippen LogP contribution in [0.25, 0.3) is 0 Å². The quantitative estimate of drug-likeness (QED) is 0.456. The van der Waals surface area contributed by atoms with Crippen molar-refractivity contribution in [1.82, 2.24) is 0 Å². The van der Waals surface area contributed by atoms with Gasteiger partial charge in [0.15, 0.2) is 0 Å². The third kappa shape index (κ3) is 5.76. The van der Waals surface area contributed by atoms with E-state index in [1.165, 1.54) is 37.4 Å². The van der Waals surface area contributed by atoms with Gasteiger partial charge in [0.1, 0.15) is 17.4 Å². The molecule has 0 spiro atoms. The topological polar surface area (TPSA) is 59.9 Å². The first-order valence-electron chi connectivity index (χ1n) is 7.35. The third-order valence-electron chi connectivity index (χ3n) is 3.08. The van der Waals surface area contributed by atoms with Gasteiger partial charge in [-0.2, -0.15) is 8.78 Å². The summed E-state index contributed by atoms with van der Waals surface area (Å²) in [6.07, 6.45) is 0.200. The Morgan fingerprint density at radius 2 is 1.85 bits per heavy atom. The molecule has 26 heavy (non-hydrogen) atoms. The van der Waals surface area contributed by atoms with E-state index < -0.39 is 30.3 Å². The van der Waals surface area contributed by atoms with E-state index >= 15 is 0 Å². The molecule has 0 saturated heterocycles. The maximum atomic E-state index is 13.5. The highest BCUT2D eigenvalue weighted by molar-refractivity contribution is 5.94. The number of nitrogens with one attached hydrogen (secondary N) is 1. The van der Waals surface area contributed by atoms with Crippen LogP contribution in [-0.2, 0) is 9.63 Å². The molecule has 0 saturated carbocycles. The first-order valence-corrected chi connectivity index (χ1v) is 7.35. The Balaban J connectivity index is 1.87. The maximum absolute atomic E-state index is 13.5. The van der Waals surface area contributed by atoms with Crippen LogP contribution in [-0.4, -0.2) is 24.8 Å². The third-order valence-corrected chi connectivity index (χ3v) is 3.08. The van der Waals surface area contributed by atoms with Crippen molar-refractivity contribution < 1.29 is 31.9 Å². The lowest BCUT2D eigenvalue weighted by Gasteiger charge is -2.11. The molecule has 138 valence electrons. The van der Waals surface area contributed by atoms with Gasteiger partial charge in [0.25, 0.3) is 5.91 Å². The summed E-state index contributed by atoms with van der Waals surface area (Å²) in [5.41, 5.74) is 0.328. The molecule has 2 aromatic rings. The van der Waals surface area contributed by atoms with Crippen molar-refractivity contribution in [3.63, 3.8) is 0 Å². The van der Waals surface area contributed by atoms with Crippen molar-refractivity contribution in [2.24, 2.45) is 5.16 Å². The SMILES string of the molecule is CC(O/N=C/c1ccc(OC(F)F)cc1)C(=O)Nc1ccc(F)cc1F. The molecule has 1 N–H and O–H groups in total. The Morgan fingerprint density at radius 1 is 1.15 bits per heavy atom. The number of hydrogen-bond donors (Lipinski definition) is 1. The van der Waals surface area contributed by atoms with Gasteiger partial charge in [0.2, 0.25) is 6.10 Å². The van der Waals surface area contributed by atoms with Crippen molar-refractivity contribution in [1.29, 1.82) is 0 Å². The molecule has 0 aliphatic carbocycles. The van der Waals surface area contributed by atoms with Gasteiger partial charge in [-0.15, -0.1) is 0 Å². The standard InChI is InChI=1S/C17H14F4N2O3/c1-10(16(24)23-15-7-4-12(18)8-14(15)19)26-22-9-11-2-5-13(6-3-11)25-17(20)21/h2-10,17H,1H3,(H,23,24)/b22-9+. The number of rotatable bonds is 7. The van der Waals surface area contributed by atoms with Gasteiger partial charge in [-0.05, 0) is 48.9 Å². The zero-order chi connectivity index (χ0) is 19.1. The molecule has 0 aromatic heterocycles. The van der Waals surface area contributed by atoms with E-state index in [0.717, 1.165) is 12.1 Å². The summed E-state index contributed by atoms with van der Waals surface area (Å²) >= 11 is 0. The summed E-state index contributed by atoms with van der Waals surface area (Å²) in [5.74, 6) is -2.37. The second-order valence-electron chi connectivity index (χ2n) is 5.04. The summed E-state index contributed by atoms with van der Waals surface area (Å²) in [6.45, 7) is -1.53. The fourth-order valence-electron chi connectivity index (χ4n) is 1.79. The lowest BCUT2D eigenvalue weighted by Crippen LogP contribution is -2.26. The van der Waals surface area contributed by atoms with E-state index in [-0.39, 0.29) is 11.4 Å². The average molecular weight is 370 g/mol. The van der Waals surface area contributed by atoms with Gasteiger partial charge in [-0.1, -0.05) is 5.16 Å². The summed E-state index contributed by atoms with van der Waals surface area (Å²) in [5, 5.41) is 5.85. The van der Waals surface area contributed by atoms with Gasteiger partial charge in [0, 0.05) is 6.07 Å². The lowest BCUT2D eigenvalue weighted by atomic mass is 10.2. The zero-order valence-electron chi connectivity index (χ0n) is 13.5. The van der Waals surface area contributed by atoms with Gasteiger partial charge in [-0.25, -0.2) is 8.78 Å². The number of benzene rings is 2. The first kappa shape index (κ1) is 19.2. The number of carbonyl (C=O) groups excluding carboxylic acids is 1. The second-order valence-corrected chi connectivity index (χ2v) is 5.04. The highest BCUT2D eigenvalue weighted by atomic mass is 19.3. The summed E-state index contributed by atoms with van der Waals surface area (Å²) in [6, 6.07) is 8.29. The van der Waals surface area contributed by atoms with E-state index in [2.05, 4.69) is 15.2 Å². The van der Waals surface area contributed by atoms with Crippen molar-refractivity contribution >= 4 is 17.8 Å². The zero-order valence-corrected chi connectivity index (χ0v) is 13.5. The van der Waals surface area contributed by atoms with Crippen LogP contribution in [0.1, 0.15) is 12.5 Å². The first-order chi connectivity index (χ1) is 12.3. The summed E-state index contributed by atoms with van der Waals surface area (Å²) in [4.78, 5) is 16.8. The number of nitrogens with zero attached hydrogens (tertiary/aromatic N) is 1. The largest absolute Gasteiger partial charge is 0.435 e. The lowest BCUT2D eigenvalue weighted by molar-refractivity contribution is -0.126. The highest BCUT2D eigenvalue weighted by Gasteiger charge is 2.16. The van der Waals surface area contributed by atoms with Crippen LogP contribution in [0, 0.1) is 11.6 Å². The van der Waals surface area contributed by atoms with E-state index in [1.807, 2.05) is 0 Å². The summed E-state index contributed by atoms with van der Waals surface area (Å²) < 4.78 is 54.6. The van der Waals surface area contributed by atoms with Crippen LogP contribution in [0.4, 0.5) is 23.2 Å². The molecule has 0 bridgehead atoms. The van der Waals surface area contributed by atoms with E-state index in [4.69, 9.17) is 4.84 Å². The molecule has 1 unspecified atom stereocenters. The molecule has 2 rings (SSSR count). The molecule has 0 fully saturated rings. The normalized spacial score (nSPS) is 12.2. The number of amides is 1. The molecule has 0 aliphatic rings. The average Bonchev–Trinajstić information content (AvgIpc) is 2.58. The smallest absolute Gasteiger partial charge is 0.387 e. The van der Waals surface area contributed by atoms with Crippen LogP contribution >= 0.6 is 0 Å². The van der Waals surface area contributed by atoms with Crippen molar-refractivity contribution in [3.05, 3.63) is 59.7 Å². The predicted octanol–water partition coefficient (Wildman–Crippen LogP) is 3.94. The van der Waals surface area contributed by atoms with Crippen LogP contribution in [0.15, 0.2) is 47.6 Å². The molecule has 5 nitrogen and oxygen atoms in total. The Kier molecular flexibility index (Phi) is 6.54. The maximum Gasteiger partial charge on any atom is 0.387 e. The minimum atomic E-state index is -2.91. The predicted molar refractivity (Wildman–Crippen MR) is 86.2 cm³/mol. The number of carbonyl (C=O) groups is 1. The highest BCUT2D eigenvalue weighted by Crippen LogP contribution is 2.16. The molecular weight excluding hydrogens is 356 g/mol. The van der Waals surface area contributed by atoms with Crippen LogP contribution < -0.4 is 10.1 Å². The minimum absolute atomic E-state index is 0.00728. The number of anilines is 1. The monoisotopic (exact) mass is 370 g/mol. The van der Waals surface area contributed by atoms with Gasteiger partial charge >= 0.3 is 6.61 Å². The van der Waals surface area contributed by atoms with E-state index in [9.17, 15) is 22.4 Å². The van der Waals surface area contributed by atoms with Crippen molar-refractivity contribution in [2.45, 2.75) is 19.6 Å². The second kappa shape index (κ2) is 8.84. The van der Waals surface area contributed by atoms with Crippen molar-refractivity contribution in [3.8, 4) is 5.75 Å². The Labute approximate surface area is 146 Å². The Hall–Kier alpha value is -3.10. The van der Waals surface area contributed by atoms with Crippen LogP contribution in [0.3, 0.4) is 0 Å². The molecule has 0 heterocycles. The number of oxime groups is 1. The number of ether oxygens (including phenoxy) is 1. The van der Waals surface area contributed by atoms with Gasteiger partial charge in [0.05, 0.1) is 11.9 Å². The number of halogens is 4. The number of hydrogen-bond acceptors (Lipinski definition) is 4.